The van der Waals surface area contributed by atoms with Gasteiger partial charge in [-0.15, -0.1) is 0 Å². The van der Waals surface area contributed by atoms with Crippen molar-refractivity contribution in [2.45, 2.75) is 19.8 Å². The SMILES string of the molecule is CNC(=S)[C@@H](c1ccccc1)C(C)C. The average molecular weight is 207 g/mol. The number of rotatable bonds is 3. The van der Waals surface area contributed by atoms with E-state index in [0.29, 0.717) is 11.8 Å². The number of likely N-dealkylation sites (N-methyl/N-ethyl adjacent to an activating group) is 1. The van der Waals surface area contributed by atoms with Crippen LogP contribution < -0.4 is 5.32 Å². The molecule has 0 aliphatic heterocycles. The van der Waals surface area contributed by atoms with Crippen molar-refractivity contribution in [1.29, 1.82) is 0 Å². The summed E-state index contributed by atoms with van der Waals surface area (Å²) in [5, 5.41) is 3.08. The van der Waals surface area contributed by atoms with Crippen LogP contribution in [0.4, 0.5) is 0 Å². The lowest BCUT2D eigenvalue weighted by Gasteiger charge is -2.22. The molecule has 0 bridgehead atoms. The van der Waals surface area contributed by atoms with E-state index in [1.54, 1.807) is 0 Å². The van der Waals surface area contributed by atoms with Gasteiger partial charge >= 0.3 is 0 Å². The van der Waals surface area contributed by atoms with E-state index in [0.717, 1.165) is 4.99 Å². The van der Waals surface area contributed by atoms with E-state index in [1.807, 2.05) is 13.1 Å². The van der Waals surface area contributed by atoms with E-state index in [-0.39, 0.29) is 0 Å². The molecule has 0 aliphatic rings. The summed E-state index contributed by atoms with van der Waals surface area (Å²) in [7, 11) is 1.89. The van der Waals surface area contributed by atoms with Gasteiger partial charge in [-0.05, 0) is 11.5 Å². The number of hydrogen-bond donors (Lipinski definition) is 1. The molecule has 1 N–H and O–H groups in total. The predicted molar refractivity (Wildman–Crippen MR) is 65.7 cm³/mol. The van der Waals surface area contributed by atoms with Crippen LogP contribution in [0.2, 0.25) is 0 Å². The Hall–Kier alpha value is -0.890. The molecule has 0 saturated heterocycles. The Kier molecular flexibility index (Phi) is 4.08. The number of hydrogen-bond acceptors (Lipinski definition) is 1. The Labute approximate surface area is 91.5 Å². The second-order valence-corrected chi connectivity index (χ2v) is 4.19. The molecule has 1 rings (SSSR count). The van der Waals surface area contributed by atoms with Crippen molar-refractivity contribution >= 4 is 17.2 Å². The fourth-order valence-corrected chi connectivity index (χ4v) is 2.06. The van der Waals surface area contributed by atoms with Gasteiger partial charge in [0.15, 0.2) is 0 Å². The first-order valence-electron chi connectivity index (χ1n) is 4.93. The fraction of sp³-hybridized carbons (Fsp3) is 0.417. The summed E-state index contributed by atoms with van der Waals surface area (Å²) in [6.07, 6.45) is 0. The molecule has 0 saturated carbocycles. The van der Waals surface area contributed by atoms with Gasteiger partial charge in [0.25, 0.3) is 0 Å². The molecule has 0 spiro atoms. The van der Waals surface area contributed by atoms with Crippen LogP contribution in [0.25, 0.3) is 0 Å². The first kappa shape index (κ1) is 11.2. The van der Waals surface area contributed by atoms with Crippen molar-refractivity contribution in [2.75, 3.05) is 7.05 Å². The second-order valence-electron chi connectivity index (χ2n) is 3.75. The minimum Gasteiger partial charge on any atom is -0.382 e. The first-order valence-corrected chi connectivity index (χ1v) is 5.34. The summed E-state index contributed by atoms with van der Waals surface area (Å²) in [4.78, 5) is 0.922. The van der Waals surface area contributed by atoms with Gasteiger partial charge in [-0.25, -0.2) is 0 Å². The lowest BCUT2D eigenvalue weighted by Crippen LogP contribution is -2.27. The Morgan fingerprint density at radius 3 is 2.21 bits per heavy atom. The minimum absolute atomic E-state index is 0.330. The molecule has 1 atom stereocenters. The molecule has 2 heteroatoms. The molecule has 0 amide bonds. The average Bonchev–Trinajstić information content (AvgIpc) is 2.19. The zero-order chi connectivity index (χ0) is 10.6. The van der Waals surface area contributed by atoms with Crippen molar-refractivity contribution < 1.29 is 0 Å². The largest absolute Gasteiger partial charge is 0.382 e. The maximum absolute atomic E-state index is 5.32. The van der Waals surface area contributed by atoms with Crippen molar-refractivity contribution in [2.24, 2.45) is 5.92 Å². The smallest absolute Gasteiger partial charge is 0.0829 e. The normalized spacial score (nSPS) is 12.6. The Morgan fingerprint density at radius 2 is 1.79 bits per heavy atom. The Morgan fingerprint density at radius 1 is 1.21 bits per heavy atom. The zero-order valence-corrected chi connectivity index (χ0v) is 9.77. The molecule has 0 heterocycles. The molecule has 0 fully saturated rings. The van der Waals surface area contributed by atoms with Crippen LogP contribution in [0, 0.1) is 5.92 Å². The van der Waals surface area contributed by atoms with Gasteiger partial charge < -0.3 is 5.32 Å². The van der Waals surface area contributed by atoms with E-state index in [9.17, 15) is 0 Å². The maximum Gasteiger partial charge on any atom is 0.0829 e. The lowest BCUT2D eigenvalue weighted by atomic mass is 9.88. The lowest BCUT2D eigenvalue weighted by molar-refractivity contribution is 0.598. The van der Waals surface area contributed by atoms with Crippen molar-refractivity contribution in [3.63, 3.8) is 0 Å². The quantitative estimate of drug-likeness (QED) is 0.765. The van der Waals surface area contributed by atoms with Gasteiger partial charge in [-0.2, -0.15) is 0 Å². The standard InChI is InChI=1S/C12H17NS/c1-9(2)11(12(14)13-3)10-7-5-4-6-8-10/h4-9,11H,1-3H3,(H,13,14)/t11-/m1/s1. The van der Waals surface area contributed by atoms with Gasteiger partial charge in [0.2, 0.25) is 0 Å². The second kappa shape index (κ2) is 5.11. The topological polar surface area (TPSA) is 12.0 Å². The molecule has 1 aromatic rings. The summed E-state index contributed by atoms with van der Waals surface area (Å²) >= 11 is 5.32. The highest BCUT2D eigenvalue weighted by Crippen LogP contribution is 2.24. The number of thiocarbonyl (C=S) groups is 1. The highest BCUT2D eigenvalue weighted by Gasteiger charge is 2.19. The van der Waals surface area contributed by atoms with Gasteiger partial charge in [-0.3, -0.25) is 0 Å². The molecule has 14 heavy (non-hydrogen) atoms. The monoisotopic (exact) mass is 207 g/mol. The van der Waals surface area contributed by atoms with Crippen LogP contribution in [0.15, 0.2) is 30.3 Å². The van der Waals surface area contributed by atoms with Crippen LogP contribution in [0.3, 0.4) is 0 Å². The van der Waals surface area contributed by atoms with Gasteiger partial charge in [0, 0.05) is 13.0 Å². The fourth-order valence-electron chi connectivity index (χ4n) is 1.65. The molecule has 76 valence electrons. The van der Waals surface area contributed by atoms with Crippen molar-refractivity contribution in [3.05, 3.63) is 35.9 Å². The van der Waals surface area contributed by atoms with E-state index in [1.165, 1.54) is 5.56 Å². The van der Waals surface area contributed by atoms with E-state index in [2.05, 4.69) is 43.4 Å². The minimum atomic E-state index is 0.330. The number of benzene rings is 1. The highest BCUT2D eigenvalue weighted by molar-refractivity contribution is 7.80. The van der Waals surface area contributed by atoms with Crippen LogP contribution in [0.5, 0.6) is 0 Å². The summed E-state index contributed by atoms with van der Waals surface area (Å²) in [5.74, 6) is 0.855. The summed E-state index contributed by atoms with van der Waals surface area (Å²) in [6, 6.07) is 10.4. The molecular formula is C12H17NS. The first-order chi connectivity index (χ1) is 6.66. The molecule has 1 aromatic carbocycles. The van der Waals surface area contributed by atoms with E-state index in [4.69, 9.17) is 12.2 Å². The van der Waals surface area contributed by atoms with Crippen LogP contribution >= 0.6 is 12.2 Å². The summed E-state index contributed by atoms with van der Waals surface area (Å²) in [5.41, 5.74) is 1.29. The maximum atomic E-state index is 5.32. The van der Waals surface area contributed by atoms with E-state index < -0.39 is 0 Å². The predicted octanol–water partition coefficient (Wildman–Crippen LogP) is 2.97. The number of nitrogens with one attached hydrogen (secondary N) is 1. The Balaban J connectivity index is 2.95. The van der Waals surface area contributed by atoms with Crippen LogP contribution in [-0.2, 0) is 0 Å². The molecule has 0 aliphatic carbocycles. The molecule has 0 unspecified atom stereocenters. The zero-order valence-electron chi connectivity index (χ0n) is 8.95. The molecular weight excluding hydrogens is 190 g/mol. The van der Waals surface area contributed by atoms with Gasteiger partial charge in [-0.1, -0.05) is 56.4 Å². The van der Waals surface area contributed by atoms with Crippen LogP contribution in [-0.4, -0.2) is 12.0 Å². The molecule has 0 radical (unpaired) electrons. The third-order valence-electron chi connectivity index (χ3n) is 2.35. The third-order valence-corrected chi connectivity index (χ3v) is 2.81. The van der Waals surface area contributed by atoms with Crippen molar-refractivity contribution in [1.82, 2.24) is 5.32 Å². The summed E-state index contributed by atoms with van der Waals surface area (Å²) < 4.78 is 0. The third kappa shape index (κ3) is 2.55. The molecule has 0 aromatic heterocycles. The van der Waals surface area contributed by atoms with Crippen molar-refractivity contribution in [3.8, 4) is 0 Å². The van der Waals surface area contributed by atoms with Crippen LogP contribution in [0.1, 0.15) is 25.3 Å². The Bertz CT molecular complexity index is 292. The van der Waals surface area contributed by atoms with E-state index >= 15 is 0 Å². The van der Waals surface area contributed by atoms with Gasteiger partial charge in [0.1, 0.15) is 0 Å². The van der Waals surface area contributed by atoms with Gasteiger partial charge in [0.05, 0.1) is 4.99 Å². The highest BCUT2D eigenvalue weighted by atomic mass is 32.1. The summed E-state index contributed by atoms with van der Waals surface area (Å²) in [6.45, 7) is 4.39. The molecule has 1 nitrogen and oxygen atoms in total.